The van der Waals surface area contributed by atoms with Crippen molar-refractivity contribution in [3.8, 4) is 73.5 Å². The Hall–Kier alpha value is -8.24. The van der Waals surface area contributed by atoms with E-state index in [4.69, 9.17) is 0 Å². The van der Waals surface area contributed by atoms with Crippen LogP contribution in [0, 0.1) is 22.7 Å². The predicted molar refractivity (Wildman–Crippen MR) is 243 cm³/mol. The Kier molecular flexibility index (Phi) is 7.27. The second-order valence-corrected chi connectivity index (χ2v) is 15.9. The Morgan fingerprint density at radius 1 is 0.333 bits per heavy atom. The van der Waals surface area contributed by atoms with Gasteiger partial charge in [0.2, 0.25) is 0 Å². The summed E-state index contributed by atoms with van der Waals surface area (Å²) in [4.78, 5) is 0. The van der Waals surface area contributed by atoms with E-state index in [1.807, 2.05) is 12.1 Å². The molecule has 0 fully saturated rings. The van der Waals surface area contributed by atoms with Crippen LogP contribution in [0.15, 0.2) is 200 Å². The summed E-state index contributed by atoms with van der Waals surface area (Å²) in [5, 5.41) is 22.7. The number of fused-ring (bicyclic) bond motifs is 13. The Labute approximate surface area is 347 Å². The highest BCUT2D eigenvalue weighted by molar-refractivity contribution is 6.11. The summed E-state index contributed by atoms with van der Waals surface area (Å²) in [5.41, 5.74) is 19.9. The molecule has 9 aromatic carbocycles. The van der Waals surface area contributed by atoms with Gasteiger partial charge in [0.15, 0.2) is 0 Å². The maximum atomic E-state index is 10.2. The molecule has 3 heteroatoms. The van der Waals surface area contributed by atoms with Gasteiger partial charge in [-0.05, 0) is 145 Å². The molecule has 3 nitrogen and oxygen atoms in total. The molecule has 0 saturated carbocycles. The van der Waals surface area contributed by atoms with Gasteiger partial charge in [-0.15, -0.1) is 0 Å². The number of benzene rings is 9. The van der Waals surface area contributed by atoms with Gasteiger partial charge >= 0.3 is 0 Å². The number of para-hydroxylation sites is 1. The average Bonchev–Trinajstić information content (AvgIpc) is 3.92. The van der Waals surface area contributed by atoms with Crippen LogP contribution in [-0.4, -0.2) is 4.57 Å². The lowest BCUT2D eigenvalue weighted by Crippen LogP contribution is -2.26. The van der Waals surface area contributed by atoms with Gasteiger partial charge in [-0.2, -0.15) is 10.5 Å². The third-order valence-corrected chi connectivity index (χ3v) is 12.8. The molecule has 1 spiro atoms. The predicted octanol–water partition coefficient (Wildman–Crippen LogP) is 13.9. The van der Waals surface area contributed by atoms with Gasteiger partial charge in [0.1, 0.15) is 0 Å². The first-order valence-electron chi connectivity index (χ1n) is 20.3. The topological polar surface area (TPSA) is 52.5 Å². The number of hydrogen-bond acceptors (Lipinski definition) is 2. The van der Waals surface area contributed by atoms with E-state index in [1.54, 1.807) is 0 Å². The molecular formula is C57H33N3. The van der Waals surface area contributed by atoms with E-state index in [1.165, 1.54) is 55.3 Å². The highest BCUT2D eigenvalue weighted by atomic mass is 15.0. The van der Waals surface area contributed by atoms with Gasteiger partial charge in [0, 0.05) is 16.5 Å². The quantitative estimate of drug-likeness (QED) is 0.179. The van der Waals surface area contributed by atoms with Crippen molar-refractivity contribution in [2.75, 3.05) is 0 Å². The van der Waals surface area contributed by atoms with E-state index in [0.717, 1.165) is 50.1 Å². The molecule has 0 N–H and O–H groups in total. The number of nitriles is 2. The number of nitrogens with zero attached hydrogens (tertiary/aromatic N) is 3. The van der Waals surface area contributed by atoms with Gasteiger partial charge in [0.25, 0.3) is 0 Å². The van der Waals surface area contributed by atoms with Crippen LogP contribution in [0.1, 0.15) is 33.4 Å². The molecule has 0 bridgehead atoms. The van der Waals surface area contributed by atoms with Crippen LogP contribution >= 0.6 is 0 Å². The maximum absolute atomic E-state index is 10.2. The van der Waals surface area contributed by atoms with Crippen LogP contribution in [0.2, 0.25) is 0 Å². The van der Waals surface area contributed by atoms with Crippen molar-refractivity contribution in [1.29, 1.82) is 10.5 Å². The molecule has 0 aliphatic heterocycles. The van der Waals surface area contributed by atoms with E-state index in [0.29, 0.717) is 11.1 Å². The lowest BCUT2D eigenvalue weighted by atomic mass is 9.70. The normalized spacial score (nSPS) is 12.8. The molecule has 2 aliphatic carbocycles. The SMILES string of the molecule is N#Cc1ccc2c(c1)C1(c3ccccc3-c3ccc(-c4ccc5c(c4)c4ccccc4n5-c4cc(-c5ccccc5)cc(-c5ccccc5)c4)cc31)c1cc(C#N)ccc1-2. The average molecular weight is 760 g/mol. The van der Waals surface area contributed by atoms with E-state index in [-0.39, 0.29) is 0 Å². The van der Waals surface area contributed by atoms with Crippen LogP contribution in [0.4, 0.5) is 0 Å². The molecule has 0 unspecified atom stereocenters. The van der Waals surface area contributed by atoms with Gasteiger partial charge in [-0.1, -0.05) is 133 Å². The number of rotatable bonds is 4. The second kappa shape index (κ2) is 12.9. The third-order valence-electron chi connectivity index (χ3n) is 12.8. The van der Waals surface area contributed by atoms with Gasteiger partial charge in [-0.3, -0.25) is 0 Å². The molecule has 12 rings (SSSR count). The largest absolute Gasteiger partial charge is 0.309 e. The fourth-order valence-corrected chi connectivity index (χ4v) is 10.3. The van der Waals surface area contributed by atoms with Crippen LogP contribution in [0.3, 0.4) is 0 Å². The van der Waals surface area contributed by atoms with Crippen LogP contribution < -0.4 is 0 Å². The van der Waals surface area contributed by atoms with Crippen molar-refractivity contribution < 1.29 is 0 Å². The van der Waals surface area contributed by atoms with Crippen molar-refractivity contribution in [1.82, 2.24) is 4.57 Å². The smallest absolute Gasteiger partial charge is 0.0991 e. The van der Waals surface area contributed by atoms with E-state index in [9.17, 15) is 10.5 Å². The second-order valence-electron chi connectivity index (χ2n) is 15.9. The van der Waals surface area contributed by atoms with Crippen LogP contribution in [0.25, 0.3) is 83.1 Å². The van der Waals surface area contributed by atoms with Crippen molar-refractivity contribution in [2.45, 2.75) is 5.41 Å². The highest BCUT2D eigenvalue weighted by Gasteiger charge is 2.52. The lowest BCUT2D eigenvalue weighted by Gasteiger charge is -2.31. The van der Waals surface area contributed by atoms with Gasteiger partial charge in [0.05, 0.1) is 39.7 Å². The van der Waals surface area contributed by atoms with E-state index in [2.05, 4.69) is 205 Å². The van der Waals surface area contributed by atoms with E-state index < -0.39 is 5.41 Å². The van der Waals surface area contributed by atoms with Crippen molar-refractivity contribution in [2.24, 2.45) is 0 Å². The zero-order valence-corrected chi connectivity index (χ0v) is 32.4. The monoisotopic (exact) mass is 759 g/mol. The Balaban J connectivity index is 1.08. The number of hydrogen-bond donors (Lipinski definition) is 0. The Morgan fingerprint density at radius 2 is 0.833 bits per heavy atom. The maximum Gasteiger partial charge on any atom is 0.0991 e. The third kappa shape index (κ3) is 4.75. The minimum Gasteiger partial charge on any atom is -0.309 e. The fraction of sp³-hybridized carbons (Fsp3) is 0.0175. The zero-order chi connectivity index (χ0) is 40.0. The highest BCUT2D eigenvalue weighted by Crippen LogP contribution is 2.63. The zero-order valence-electron chi connectivity index (χ0n) is 32.4. The molecule has 60 heavy (non-hydrogen) atoms. The van der Waals surface area contributed by atoms with Crippen molar-refractivity contribution in [3.05, 3.63) is 234 Å². The first kappa shape index (κ1) is 33.9. The summed E-state index contributed by atoms with van der Waals surface area (Å²) in [6.45, 7) is 0. The minimum atomic E-state index is -0.688. The van der Waals surface area contributed by atoms with Gasteiger partial charge in [-0.25, -0.2) is 0 Å². The first-order chi connectivity index (χ1) is 29.6. The summed E-state index contributed by atoms with van der Waals surface area (Å²) in [6.07, 6.45) is 0. The summed E-state index contributed by atoms with van der Waals surface area (Å²) in [5.74, 6) is 0. The molecule has 2 aliphatic rings. The molecule has 0 radical (unpaired) electrons. The van der Waals surface area contributed by atoms with Crippen LogP contribution in [0.5, 0.6) is 0 Å². The van der Waals surface area contributed by atoms with Crippen molar-refractivity contribution >= 4 is 21.8 Å². The lowest BCUT2D eigenvalue weighted by molar-refractivity contribution is 0.793. The molecule has 1 heterocycles. The van der Waals surface area contributed by atoms with Gasteiger partial charge < -0.3 is 4.57 Å². The van der Waals surface area contributed by atoms with Crippen LogP contribution in [-0.2, 0) is 5.41 Å². The Bertz CT molecular complexity index is 3380. The number of aromatic nitrogens is 1. The molecule has 0 atom stereocenters. The molecular weight excluding hydrogens is 727 g/mol. The molecule has 0 saturated heterocycles. The molecule has 10 aromatic rings. The molecule has 0 amide bonds. The van der Waals surface area contributed by atoms with E-state index >= 15 is 0 Å². The molecule has 276 valence electrons. The fourth-order valence-electron chi connectivity index (χ4n) is 10.3. The first-order valence-corrected chi connectivity index (χ1v) is 20.3. The summed E-state index contributed by atoms with van der Waals surface area (Å²) < 4.78 is 2.41. The Morgan fingerprint density at radius 3 is 1.48 bits per heavy atom. The molecule has 1 aromatic heterocycles. The summed E-state index contributed by atoms with van der Waals surface area (Å²) in [6, 6.07) is 76.2. The minimum absolute atomic E-state index is 0.621. The standard InChI is InChI=1S/C57H33N3/c58-34-36-19-23-46-47-24-20-37(35-59)28-53(47)57(52(46)27-36)51-17-9-7-15-45(51)48-25-21-41(33-54(48)57)40-22-26-56-50(32-40)49-16-8-10-18-55(49)60(56)44-30-42(38-11-3-1-4-12-38)29-43(31-44)39-13-5-2-6-14-39/h1-33H. The van der Waals surface area contributed by atoms with Crippen molar-refractivity contribution in [3.63, 3.8) is 0 Å². The summed E-state index contributed by atoms with van der Waals surface area (Å²) in [7, 11) is 0. The summed E-state index contributed by atoms with van der Waals surface area (Å²) >= 11 is 0.